The molecule has 0 bridgehead atoms. The number of nitrogens with one attached hydrogen (secondary N) is 1. The van der Waals surface area contributed by atoms with E-state index >= 15 is 0 Å². The number of carbonyl (C=O) groups excluding carboxylic acids is 1. The second-order valence-electron chi connectivity index (χ2n) is 6.09. The summed E-state index contributed by atoms with van der Waals surface area (Å²) >= 11 is 0. The van der Waals surface area contributed by atoms with Crippen LogP contribution in [0.1, 0.15) is 47.8 Å². The first-order valence-corrected chi connectivity index (χ1v) is 7.92. The van der Waals surface area contributed by atoms with Crippen LogP contribution in [0.5, 0.6) is 0 Å². The Morgan fingerprint density at radius 3 is 2.82 bits per heavy atom. The molecule has 1 aromatic heterocycles. The van der Waals surface area contributed by atoms with E-state index in [1.54, 1.807) is 6.07 Å². The van der Waals surface area contributed by atoms with Crippen molar-refractivity contribution in [3.63, 3.8) is 0 Å². The van der Waals surface area contributed by atoms with Crippen molar-refractivity contribution in [2.24, 2.45) is 0 Å². The van der Waals surface area contributed by atoms with Crippen molar-refractivity contribution < 1.29 is 9.32 Å². The zero-order chi connectivity index (χ0) is 14.9. The summed E-state index contributed by atoms with van der Waals surface area (Å²) in [6.07, 6.45) is 4.74. The molecule has 0 spiro atoms. The van der Waals surface area contributed by atoms with Gasteiger partial charge in [0.2, 0.25) is 0 Å². The number of anilines is 2. The summed E-state index contributed by atoms with van der Waals surface area (Å²) in [7, 11) is 0. The molecule has 1 saturated carbocycles. The quantitative estimate of drug-likeness (QED) is 0.939. The summed E-state index contributed by atoms with van der Waals surface area (Å²) in [5.41, 5.74) is 2.31. The highest BCUT2D eigenvalue weighted by molar-refractivity contribution is 6.03. The Labute approximate surface area is 129 Å². The Bertz CT molecular complexity index is 685. The van der Waals surface area contributed by atoms with Crippen LogP contribution in [0.25, 0.3) is 0 Å². The minimum absolute atomic E-state index is 0.214. The highest BCUT2D eigenvalue weighted by atomic mass is 16.5. The second kappa shape index (κ2) is 5.48. The Balaban J connectivity index is 1.47. The van der Waals surface area contributed by atoms with Crippen LogP contribution in [0.3, 0.4) is 0 Å². The summed E-state index contributed by atoms with van der Waals surface area (Å²) in [5.74, 6) is 1.08. The molecule has 5 heteroatoms. The van der Waals surface area contributed by atoms with Gasteiger partial charge in [-0.1, -0.05) is 11.2 Å². The smallest absolute Gasteiger partial charge is 0.277 e. The van der Waals surface area contributed by atoms with Gasteiger partial charge in [-0.25, -0.2) is 0 Å². The minimum atomic E-state index is -0.214. The molecular weight excluding hydrogens is 278 g/mol. The van der Waals surface area contributed by atoms with Crippen LogP contribution in [-0.4, -0.2) is 24.2 Å². The molecule has 4 rings (SSSR count). The molecule has 114 valence electrons. The van der Waals surface area contributed by atoms with Crippen molar-refractivity contribution in [1.29, 1.82) is 0 Å². The van der Waals surface area contributed by atoms with Gasteiger partial charge in [-0.15, -0.1) is 0 Å². The van der Waals surface area contributed by atoms with E-state index in [0.29, 0.717) is 11.6 Å². The molecule has 2 aliphatic rings. The third-order valence-corrected chi connectivity index (χ3v) is 4.32. The van der Waals surface area contributed by atoms with Crippen molar-refractivity contribution in [2.75, 3.05) is 23.3 Å². The fourth-order valence-electron chi connectivity index (χ4n) is 2.91. The maximum absolute atomic E-state index is 12.3. The van der Waals surface area contributed by atoms with E-state index in [2.05, 4.69) is 21.4 Å². The Hall–Kier alpha value is -2.30. The average Bonchev–Trinajstić information content (AvgIpc) is 3.06. The Morgan fingerprint density at radius 1 is 1.23 bits per heavy atom. The minimum Gasteiger partial charge on any atom is -0.371 e. The molecule has 2 heterocycles. The highest BCUT2D eigenvalue weighted by Crippen LogP contribution is 2.40. The molecule has 0 radical (unpaired) electrons. The molecule has 1 saturated heterocycles. The lowest BCUT2D eigenvalue weighted by atomic mass is 10.2. The summed E-state index contributed by atoms with van der Waals surface area (Å²) in [4.78, 5) is 14.6. The van der Waals surface area contributed by atoms with Gasteiger partial charge in [-0.2, -0.15) is 0 Å². The number of amides is 1. The fourth-order valence-corrected chi connectivity index (χ4v) is 2.91. The largest absolute Gasteiger partial charge is 0.371 e. The van der Waals surface area contributed by atoms with Gasteiger partial charge in [0.15, 0.2) is 5.69 Å². The molecule has 22 heavy (non-hydrogen) atoms. The summed E-state index contributed by atoms with van der Waals surface area (Å²) in [5, 5.41) is 6.78. The first-order valence-electron chi connectivity index (χ1n) is 7.92. The van der Waals surface area contributed by atoms with Crippen molar-refractivity contribution in [3.05, 3.63) is 41.8 Å². The lowest BCUT2D eigenvalue weighted by Crippen LogP contribution is -2.18. The summed E-state index contributed by atoms with van der Waals surface area (Å²) in [6.45, 7) is 2.18. The summed E-state index contributed by atoms with van der Waals surface area (Å²) < 4.78 is 5.23. The van der Waals surface area contributed by atoms with E-state index in [-0.39, 0.29) is 5.91 Å². The third-order valence-electron chi connectivity index (χ3n) is 4.32. The molecule has 1 aliphatic heterocycles. The number of aromatic nitrogens is 1. The molecule has 1 N–H and O–H groups in total. The van der Waals surface area contributed by atoms with Crippen molar-refractivity contribution >= 4 is 17.3 Å². The van der Waals surface area contributed by atoms with E-state index in [1.807, 2.05) is 18.2 Å². The number of benzene rings is 1. The predicted octanol–water partition coefficient (Wildman–Crippen LogP) is 3.40. The molecule has 2 aromatic rings. The number of hydrogen-bond acceptors (Lipinski definition) is 4. The second-order valence-corrected chi connectivity index (χ2v) is 6.09. The fraction of sp³-hybridized carbons (Fsp3) is 0.412. The molecule has 0 atom stereocenters. The first-order chi connectivity index (χ1) is 10.8. The van der Waals surface area contributed by atoms with Crippen molar-refractivity contribution in [1.82, 2.24) is 5.16 Å². The van der Waals surface area contributed by atoms with Gasteiger partial charge >= 0.3 is 0 Å². The van der Waals surface area contributed by atoms with Gasteiger partial charge in [0.25, 0.3) is 5.91 Å². The van der Waals surface area contributed by atoms with Gasteiger partial charge in [0, 0.05) is 36.4 Å². The van der Waals surface area contributed by atoms with Gasteiger partial charge in [-0.3, -0.25) is 4.79 Å². The molecule has 2 fully saturated rings. The Morgan fingerprint density at radius 2 is 2.05 bits per heavy atom. The standard InChI is InChI=1S/C17H19N3O2/c21-17(15-11-16(22-19-15)12-6-7-12)18-13-4-3-5-14(10-13)20-8-1-2-9-20/h3-5,10-12H,1-2,6-9H2,(H,18,21). The van der Waals surface area contributed by atoms with Crippen molar-refractivity contribution in [3.8, 4) is 0 Å². The Kier molecular flexibility index (Phi) is 3.33. The van der Waals surface area contributed by atoms with Crippen LogP contribution in [0.2, 0.25) is 0 Å². The maximum atomic E-state index is 12.3. The number of nitrogens with zero attached hydrogens (tertiary/aromatic N) is 2. The topological polar surface area (TPSA) is 58.4 Å². The van der Waals surface area contributed by atoms with Crippen LogP contribution in [0.15, 0.2) is 34.9 Å². The van der Waals surface area contributed by atoms with Gasteiger partial charge in [0.05, 0.1) is 0 Å². The normalized spacial score (nSPS) is 17.7. The highest BCUT2D eigenvalue weighted by Gasteiger charge is 2.28. The zero-order valence-corrected chi connectivity index (χ0v) is 12.4. The molecule has 0 unspecified atom stereocenters. The summed E-state index contributed by atoms with van der Waals surface area (Å²) in [6, 6.07) is 9.74. The van der Waals surface area contributed by atoms with Gasteiger partial charge in [-0.05, 0) is 43.9 Å². The lowest BCUT2D eigenvalue weighted by Gasteiger charge is -2.18. The third kappa shape index (κ3) is 2.71. The lowest BCUT2D eigenvalue weighted by molar-refractivity contribution is 0.101. The molecule has 1 aromatic carbocycles. The van der Waals surface area contributed by atoms with Crippen LogP contribution >= 0.6 is 0 Å². The van der Waals surface area contributed by atoms with Crippen molar-refractivity contribution in [2.45, 2.75) is 31.6 Å². The molecule has 1 amide bonds. The first kappa shape index (κ1) is 13.4. The monoisotopic (exact) mass is 297 g/mol. The average molecular weight is 297 g/mol. The van der Waals surface area contributed by atoms with Crippen LogP contribution in [0.4, 0.5) is 11.4 Å². The van der Waals surface area contributed by atoms with Gasteiger partial charge in [0.1, 0.15) is 5.76 Å². The van der Waals surface area contributed by atoms with E-state index < -0.39 is 0 Å². The predicted molar refractivity (Wildman–Crippen MR) is 84.3 cm³/mol. The molecule has 1 aliphatic carbocycles. The van der Waals surface area contributed by atoms with E-state index in [0.717, 1.165) is 43.1 Å². The number of hydrogen-bond donors (Lipinski definition) is 1. The van der Waals surface area contributed by atoms with Crippen LogP contribution in [0, 0.1) is 0 Å². The van der Waals surface area contributed by atoms with Crippen LogP contribution in [-0.2, 0) is 0 Å². The van der Waals surface area contributed by atoms with E-state index in [9.17, 15) is 4.79 Å². The van der Waals surface area contributed by atoms with E-state index in [1.165, 1.54) is 12.8 Å². The molecule has 5 nitrogen and oxygen atoms in total. The maximum Gasteiger partial charge on any atom is 0.277 e. The number of carbonyl (C=O) groups is 1. The van der Waals surface area contributed by atoms with Crippen LogP contribution < -0.4 is 10.2 Å². The SMILES string of the molecule is O=C(Nc1cccc(N2CCCC2)c1)c1cc(C2CC2)on1. The number of rotatable bonds is 4. The zero-order valence-electron chi connectivity index (χ0n) is 12.4. The molecular formula is C17H19N3O2. The van der Waals surface area contributed by atoms with Gasteiger partial charge < -0.3 is 14.7 Å². The van der Waals surface area contributed by atoms with E-state index in [4.69, 9.17) is 4.52 Å².